The number of carboxylic acid groups (broad SMARTS) is 1. The van der Waals surface area contributed by atoms with Crippen LogP contribution < -0.4 is 5.73 Å². The number of nitrogens with zero attached hydrogens (tertiary/aromatic N) is 1. The fraction of sp³-hybridized carbons (Fsp3) is 0.833. The molecule has 0 heterocycles. The number of carbonyl (C=O) groups is 2. The van der Waals surface area contributed by atoms with E-state index in [1.54, 1.807) is 0 Å². The number of hydrogen-bond donors (Lipinski definition) is 2. The average molecular weight is 244 g/mol. The predicted octanol–water partition coefficient (Wildman–Crippen LogP) is 0.929. The minimum absolute atomic E-state index is 0.226. The summed E-state index contributed by atoms with van der Waals surface area (Å²) in [6.07, 6.45) is 0.576. The van der Waals surface area contributed by atoms with Gasteiger partial charge >= 0.3 is 5.97 Å². The van der Waals surface area contributed by atoms with E-state index in [9.17, 15) is 9.59 Å². The van der Waals surface area contributed by atoms with Gasteiger partial charge in [-0.1, -0.05) is 27.7 Å². The zero-order valence-electron chi connectivity index (χ0n) is 11.1. The molecule has 0 aliphatic rings. The summed E-state index contributed by atoms with van der Waals surface area (Å²) in [5.74, 6) is -0.727. The second kappa shape index (κ2) is 7.27. The van der Waals surface area contributed by atoms with Gasteiger partial charge in [0, 0.05) is 6.54 Å². The largest absolute Gasteiger partial charge is 0.480 e. The first-order valence-corrected chi connectivity index (χ1v) is 6.00. The third kappa shape index (κ3) is 6.94. The van der Waals surface area contributed by atoms with Crippen LogP contribution >= 0.6 is 0 Å². The Balaban J connectivity index is 4.55. The van der Waals surface area contributed by atoms with Crippen molar-refractivity contribution in [1.29, 1.82) is 0 Å². The molecular weight excluding hydrogens is 220 g/mol. The van der Waals surface area contributed by atoms with Crippen molar-refractivity contribution in [1.82, 2.24) is 4.90 Å². The van der Waals surface area contributed by atoms with Gasteiger partial charge in [-0.2, -0.15) is 0 Å². The molecule has 1 unspecified atom stereocenters. The molecule has 5 heteroatoms. The van der Waals surface area contributed by atoms with Crippen molar-refractivity contribution in [3.63, 3.8) is 0 Å². The van der Waals surface area contributed by atoms with Crippen LogP contribution in [0.5, 0.6) is 0 Å². The van der Waals surface area contributed by atoms with E-state index in [4.69, 9.17) is 10.8 Å². The lowest BCUT2D eigenvalue weighted by Crippen LogP contribution is -2.47. The zero-order chi connectivity index (χ0) is 13.6. The Morgan fingerprint density at radius 3 is 2.06 bits per heavy atom. The Morgan fingerprint density at radius 2 is 1.71 bits per heavy atom. The minimum atomic E-state index is -1.00. The van der Waals surface area contributed by atoms with Crippen LogP contribution in [-0.4, -0.2) is 41.0 Å². The molecule has 0 aliphatic heterocycles. The van der Waals surface area contributed by atoms with Crippen LogP contribution in [0.4, 0.5) is 0 Å². The van der Waals surface area contributed by atoms with E-state index in [0.29, 0.717) is 18.9 Å². The fourth-order valence-electron chi connectivity index (χ4n) is 1.68. The van der Waals surface area contributed by atoms with Gasteiger partial charge in [0.1, 0.15) is 6.54 Å². The topological polar surface area (TPSA) is 83.6 Å². The summed E-state index contributed by atoms with van der Waals surface area (Å²) in [6, 6.07) is -0.604. The second-order valence-electron chi connectivity index (χ2n) is 5.24. The van der Waals surface area contributed by atoms with Crippen LogP contribution in [0.1, 0.15) is 34.1 Å². The van der Waals surface area contributed by atoms with E-state index < -0.39 is 12.0 Å². The van der Waals surface area contributed by atoms with E-state index in [-0.39, 0.29) is 18.4 Å². The summed E-state index contributed by atoms with van der Waals surface area (Å²) in [5, 5.41) is 8.77. The Morgan fingerprint density at radius 1 is 1.18 bits per heavy atom. The molecule has 0 bridgehead atoms. The SMILES string of the molecule is CC(C)CC(N)C(=O)N(CC(=O)O)CC(C)C. The van der Waals surface area contributed by atoms with Gasteiger partial charge in [0.15, 0.2) is 0 Å². The fourth-order valence-corrected chi connectivity index (χ4v) is 1.68. The molecule has 3 N–H and O–H groups in total. The van der Waals surface area contributed by atoms with E-state index in [2.05, 4.69) is 0 Å². The lowest BCUT2D eigenvalue weighted by Gasteiger charge is -2.26. The standard InChI is InChI=1S/C12H24N2O3/c1-8(2)5-10(13)12(17)14(6-9(3)4)7-11(15)16/h8-10H,5-7,13H2,1-4H3,(H,15,16). The third-order valence-corrected chi connectivity index (χ3v) is 2.27. The van der Waals surface area contributed by atoms with Crippen molar-refractivity contribution < 1.29 is 14.7 Å². The first-order chi connectivity index (χ1) is 7.73. The van der Waals surface area contributed by atoms with Gasteiger partial charge in [-0.05, 0) is 18.3 Å². The molecule has 0 aromatic rings. The lowest BCUT2D eigenvalue weighted by molar-refractivity contribution is -0.145. The Kier molecular flexibility index (Phi) is 6.80. The lowest BCUT2D eigenvalue weighted by atomic mass is 10.0. The highest BCUT2D eigenvalue weighted by molar-refractivity contribution is 5.85. The van der Waals surface area contributed by atoms with Crippen LogP contribution in [0.2, 0.25) is 0 Å². The number of amides is 1. The highest BCUT2D eigenvalue weighted by Gasteiger charge is 2.24. The molecule has 0 fully saturated rings. The number of rotatable bonds is 7. The van der Waals surface area contributed by atoms with Gasteiger partial charge in [-0.15, -0.1) is 0 Å². The van der Waals surface area contributed by atoms with E-state index in [1.807, 2.05) is 27.7 Å². The molecule has 0 saturated carbocycles. The summed E-state index contributed by atoms with van der Waals surface area (Å²) in [7, 11) is 0. The molecule has 17 heavy (non-hydrogen) atoms. The highest BCUT2D eigenvalue weighted by Crippen LogP contribution is 2.07. The molecule has 0 radical (unpaired) electrons. The Labute approximate surface area is 103 Å². The number of carboxylic acids is 1. The average Bonchev–Trinajstić information content (AvgIpc) is 2.12. The number of hydrogen-bond acceptors (Lipinski definition) is 3. The quantitative estimate of drug-likeness (QED) is 0.697. The smallest absolute Gasteiger partial charge is 0.323 e. The van der Waals surface area contributed by atoms with Gasteiger partial charge in [0.2, 0.25) is 5.91 Å². The third-order valence-electron chi connectivity index (χ3n) is 2.27. The van der Waals surface area contributed by atoms with Crippen molar-refractivity contribution in [2.24, 2.45) is 17.6 Å². The van der Waals surface area contributed by atoms with Gasteiger partial charge in [-0.3, -0.25) is 9.59 Å². The number of aliphatic carboxylic acids is 1. The molecule has 0 aromatic carbocycles. The summed E-state index contributed by atoms with van der Waals surface area (Å²) in [5.41, 5.74) is 5.79. The first-order valence-electron chi connectivity index (χ1n) is 6.00. The number of nitrogens with two attached hydrogens (primary N) is 1. The first kappa shape index (κ1) is 15.9. The molecular formula is C12H24N2O3. The maximum Gasteiger partial charge on any atom is 0.323 e. The Bertz CT molecular complexity index is 264. The van der Waals surface area contributed by atoms with Crippen LogP contribution in [0.15, 0.2) is 0 Å². The molecule has 0 saturated heterocycles. The van der Waals surface area contributed by atoms with Crippen molar-refractivity contribution in [3.8, 4) is 0 Å². The molecule has 0 aliphatic carbocycles. The maximum absolute atomic E-state index is 12.0. The molecule has 0 aromatic heterocycles. The molecule has 100 valence electrons. The monoisotopic (exact) mass is 244 g/mol. The molecule has 5 nitrogen and oxygen atoms in total. The summed E-state index contributed by atoms with van der Waals surface area (Å²) < 4.78 is 0. The molecule has 0 rings (SSSR count). The van der Waals surface area contributed by atoms with Crippen LogP contribution in [0, 0.1) is 11.8 Å². The number of carbonyl (C=O) groups excluding carboxylic acids is 1. The zero-order valence-corrected chi connectivity index (χ0v) is 11.1. The Hall–Kier alpha value is -1.10. The summed E-state index contributed by atoms with van der Waals surface area (Å²) >= 11 is 0. The van der Waals surface area contributed by atoms with Gasteiger partial charge in [-0.25, -0.2) is 0 Å². The van der Waals surface area contributed by atoms with Crippen molar-refractivity contribution in [3.05, 3.63) is 0 Å². The van der Waals surface area contributed by atoms with Gasteiger partial charge in [0.05, 0.1) is 6.04 Å². The maximum atomic E-state index is 12.0. The van der Waals surface area contributed by atoms with Gasteiger partial charge in [0.25, 0.3) is 0 Å². The molecule has 1 atom stereocenters. The van der Waals surface area contributed by atoms with Gasteiger partial charge < -0.3 is 15.7 Å². The van der Waals surface area contributed by atoms with E-state index in [1.165, 1.54) is 4.90 Å². The minimum Gasteiger partial charge on any atom is -0.480 e. The summed E-state index contributed by atoms with van der Waals surface area (Å²) in [6.45, 7) is 8.00. The highest BCUT2D eigenvalue weighted by atomic mass is 16.4. The predicted molar refractivity (Wildman–Crippen MR) is 66.5 cm³/mol. The van der Waals surface area contributed by atoms with Crippen LogP contribution in [0.25, 0.3) is 0 Å². The van der Waals surface area contributed by atoms with Crippen molar-refractivity contribution in [2.75, 3.05) is 13.1 Å². The molecule has 1 amide bonds. The summed E-state index contributed by atoms with van der Waals surface area (Å²) in [4.78, 5) is 24.0. The molecule has 0 spiro atoms. The van der Waals surface area contributed by atoms with E-state index >= 15 is 0 Å². The van der Waals surface area contributed by atoms with Crippen molar-refractivity contribution >= 4 is 11.9 Å². The normalized spacial score (nSPS) is 12.9. The van der Waals surface area contributed by atoms with Crippen molar-refractivity contribution in [2.45, 2.75) is 40.2 Å². The second-order valence-corrected chi connectivity index (χ2v) is 5.24. The van der Waals surface area contributed by atoms with E-state index in [0.717, 1.165) is 0 Å². The van der Waals surface area contributed by atoms with Crippen LogP contribution in [0.3, 0.4) is 0 Å². The van der Waals surface area contributed by atoms with Crippen LogP contribution in [-0.2, 0) is 9.59 Å².